The van der Waals surface area contributed by atoms with E-state index >= 15 is 0 Å². The number of nitriles is 1. The summed E-state index contributed by atoms with van der Waals surface area (Å²) in [5.41, 5.74) is -1.06. The fourth-order valence-electron chi connectivity index (χ4n) is 1.58. The monoisotopic (exact) mass is 281 g/mol. The molecule has 0 atom stereocenters. The van der Waals surface area contributed by atoms with E-state index in [-0.39, 0.29) is 11.3 Å². The van der Waals surface area contributed by atoms with Gasteiger partial charge in [0.05, 0.1) is 23.5 Å². The Bertz CT molecular complexity index is 656. The van der Waals surface area contributed by atoms with Gasteiger partial charge in [-0.2, -0.15) is 23.5 Å². The third kappa shape index (κ3) is 2.91. The largest absolute Gasteiger partial charge is 0.453 e. The summed E-state index contributed by atoms with van der Waals surface area (Å²) < 4.78 is 44.6. The Morgan fingerprint density at radius 2 is 2.15 bits per heavy atom. The van der Waals surface area contributed by atoms with E-state index in [4.69, 9.17) is 10.00 Å². The molecule has 1 aromatic heterocycles. The highest BCUT2D eigenvalue weighted by atomic mass is 19.4. The van der Waals surface area contributed by atoms with Crippen LogP contribution in [0.15, 0.2) is 30.6 Å². The number of rotatable bonds is 3. The van der Waals surface area contributed by atoms with Crippen molar-refractivity contribution in [3.63, 3.8) is 0 Å². The maximum absolute atomic E-state index is 12.5. The maximum Gasteiger partial charge on any atom is 0.416 e. The Morgan fingerprint density at radius 3 is 2.70 bits per heavy atom. The van der Waals surface area contributed by atoms with Gasteiger partial charge in [0, 0.05) is 6.54 Å². The van der Waals surface area contributed by atoms with Crippen LogP contribution < -0.4 is 4.74 Å². The lowest BCUT2D eigenvalue weighted by Crippen LogP contribution is -2.05. The lowest BCUT2D eigenvalue weighted by atomic mass is 10.1. The van der Waals surface area contributed by atoms with Crippen LogP contribution in [-0.4, -0.2) is 9.78 Å². The molecule has 0 bridgehead atoms. The number of halogens is 3. The second kappa shape index (κ2) is 5.25. The smallest absolute Gasteiger partial charge is 0.416 e. The van der Waals surface area contributed by atoms with Crippen molar-refractivity contribution in [3.05, 3.63) is 41.7 Å². The SMILES string of the molecule is CCn1cc(Oc2ccc(C(F)(F)F)cc2C#N)cn1. The number of hydrogen-bond acceptors (Lipinski definition) is 3. The highest BCUT2D eigenvalue weighted by molar-refractivity contribution is 5.47. The average molecular weight is 281 g/mol. The molecule has 0 aliphatic heterocycles. The van der Waals surface area contributed by atoms with E-state index in [0.717, 1.165) is 18.2 Å². The molecule has 0 aliphatic rings. The van der Waals surface area contributed by atoms with Gasteiger partial charge in [-0.05, 0) is 25.1 Å². The van der Waals surface area contributed by atoms with Gasteiger partial charge in [0.2, 0.25) is 0 Å². The van der Waals surface area contributed by atoms with E-state index < -0.39 is 11.7 Å². The second-order valence-electron chi connectivity index (χ2n) is 3.95. The summed E-state index contributed by atoms with van der Waals surface area (Å²) in [6, 6.07) is 4.47. The number of aryl methyl sites for hydroxylation is 1. The van der Waals surface area contributed by atoms with Gasteiger partial charge < -0.3 is 4.74 Å². The van der Waals surface area contributed by atoms with Crippen molar-refractivity contribution >= 4 is 0 Å². The van der Waals surface area contributed by atoms with E-state index in [1.807, 2.05) is 6.92 Å². The molecule has 20 heavy (non-hydrogen) atoms. The Balaban J connectivity index is 2.31. The zero-order valence-corrected chi connectivity index (χ0v) is 10.5. The van der Waals surface area contributed by atoms with Crippen molar-refractivity contribution in [3.8, 4) is 17.6 Å². The van der Waals surface area contributed by atoms with E-state index in [2.05, 4.69) is 5.10 Å². The van der Waals surface area contributed by atoms with Gasteiger partial charge in [-0.3, -0.25) is 4.68 Å². The normalized spacial score (nSPS) is 11.2. The number of nitrogens with zero attached hydrogens (tertiary/aromatic N) is 3. The highest BCUT2D eigenvalue weighted by Gasteiger charge is 2.31. The van der Waals surface area contributed by atoms with Crippen molar-refractivity contribution in [2.75, 3.05) is 0 Å². The van der Waals surface area contributed by atoms with Gasteiger partial charge in [-0.15, -0.1) is 0 Å². The summed E-state index contributed by atoms with van der Waals surface area (Å²) in [5.74, 6) is 0.430. The molecule has 0 amide bonds. The predicted octanol–water partition coefficient (Wildman–Crippen LogP) is 3.59. The molecule has 104 valence electrons. The Labute approximate surface area is 113 Å². The molecule has 0 spiro atoms. The lowest BCUT2D eigenvalue weighted by molar-refractivity contribution is -0.137. The first-order chi connectivity index (χ1) is 9.44. The third-order valence-corrected chi connectivity index (χ3v) is 2.59. The van der Waals surface area contributed by atoms with Crippen LogP contribution in [0.25, 0.3) is 0 Å². The molecular weight excluding hydrogens is 271 g/mol. The van der Waals surface area contributed by atoms with Gasteiger partial charge in [-0.1, -0.05) is 0 Å². The molecule has 0 unspecified atom stereocenters. The van der Waals surface area contributed by atoms with Gasteiger partial charge in [-0.25, -0.2) is 0 Å². The summed E-state index contributed by atoms with van der Waals surface area (Å²) >= 11 is 0. The van der Waals surface area contributed by atoms with Crippen molar-refractivity contribution in [1.29, 1.82) is 5.26 Å². The zero-order valence-electron chi connectivity index (χ0n) is 10.5. The molecule has 0 aliphatic carbocycles. The summed E-state index contributed by atoms with van der Waals surface area (Å²) in [6.07, 6.45) is -1.46. The Kier molecular flexibility index (Phi) is 3.66. The standard InChI is InChI=1S/C13H10F3N3O/c1-2-19-8-11(7-18-19)20-12-4-3-10(13(14,15)16)5-9(12)6-17/h3-5,7-8H,2H2,1H3. The van der Waals surface area contributed by atoms with E-state index in [9.17, 15) is 13.2 Å². The van der Waals surface area contributed by atoms with Crippen LogP contribution in [0.4, 0.5) is 13.2 Å². The fraction of sp³-hybridized carbons (Fsp3) is 0.231. The van der Waals surface area contributed by atoms with Crippen LogP contribution in [0.3, 0.4) is 0 Å². The molecule has 0 saturated heterocycles. The molecule has 0 fully saturated rings. The first kappa shape index (κ1) is 13.9. The van der Waals surface area contributed by atoms with E-state index in [0.29, 0.717) is 12.3 Å². The minimum atomic E-state index is -4.49. The second-order valence-corrected chi connectivity index (χ2v) is 3.95. The van der Waals surface area contributed by atoms with Crippen molar-refractivity contribution < 1.29 is 17.9 Å². The first-order valence-corrected chi connectivity index (χ1v) is 5.75. The molecule has 2 rings (SSSR count). The van der Waals surface area contributed by atoms with Gasteiger partial charge >= 0.3 is 6.18 Å². The highest BCUT2D eigenvalue weighted by Crippen LogP contribution is 2.33. The van der Waals surface area contributed by atoms with Crippen LogP contribution >= 0.6 is 0 Å². The lowest BCUT2D eigenvalue weighted by Gasteiger charge is -2.09. The summed E-state index contributed by atoms with van der Waals surface area (Å²) in [4.78, 5) is 0. The van der Waals surface area contributed by atoms with Gasteiger partial charge in [0.25, 0.3) is 0 Å². The Hall–Kier alpha value is -2.49. The Morgan fingerprint density at radius 1 is 1.40 bits per heavy atom. The fourth-order valence-corrected chi connectivity index (χ4v) is 1.58. The number of benzene rings is 1. The molecular formula is C13H10F3N3O. The average Bonchev–Trinajstić information content (AvgIpc) is 2.85. The number of aromatic nitrogens is 2. The summed E-state index contributed by atoms with van der Waals surface area (Å²) in [6.45, 7) is 2.52. The van der Waals surface area contributed by atoms with E-state index in [1.165, 1.54) is 6.20 Å². The topological polar surface area (TPSA) is 50.8 Å². The maximum atomic E-state index is 12.5. The minimum absolute atomic E-state index is 0.0659. The molecule has 1 heterocycles. The molecule has 7 heteroatoms. The zero-order chi connectivity index (χ0) is 14.8. The minimum Gasteiger partial charge on any atom is -0.453 e. The van der Waals surface area contributed by atoms with Crippen LogP contribution in [-0.2, 0) is 12.7 Å². The summed E-state index contributed by atoms with van der Waals surface area (Å²) in [7, 11) is 0. The van der Waals surface area contributed by atoms with Crippen LogP contribution in [0.2, 0.25) is 0 Å². The first-order valence-electron chi connectivity index (χ1n) is 5.75. The van der Waals surface area contributed by atoms with Crippen molar-refractivity contribution in [1.82, 2.24) is 9.78 Å². The van der Waals surface area contributed by atoms with Crippen molar-refractivity contribution in [2.24, 2.45) is 0 Å². The van der Waals surface area contributed by atoms with Gasteiger partial charge in [0.1, 0.15) is 11.8 Å². The quantitative estimate of drug-likeness (QED) is 0.864. The molecule has 4 nitrogen and oxygen atoms in total. The van der Waals surface area contributed by atoms with E-state index in [1.54, 1.807) is 16.9 Å². The van der Waals surface area contributed by atoms with Gasteiger partial charge in [0.15, 0.2) is 5.75 Å². The van der Waals surface area contributed by atoms with Crippen LogP contribution in [0.1, 0.15) is 18.1 Å². The number of hydrogen-bond donors (Lipinski definition) is 0. The summed E-state index contributed by atoms with van der Waals surface area (Å²) in [5, 5.41) is 12.9. The van der Waals surface area contributed by atoms with Crippen molar-refractivity contribution in [2.45, 2.75) is 19.6 Å². The number of alkyl halides is 3. The molecule has 0 radical (unpaired) electrons. The molecule has 1 aromatic carbocycles. The third-order valence-electron chi connectivity index (χ3n) is 2.59. The van der Waals surface area contributed by atoms with Crippen LogP contribution in [0, 0.1) is 11.3 Å². The number of ether oxygens (including phenoxy) is 1. The van der Waals surface area contributed by atoms with Crippen LogP contribution in [0.5, 0.6) is 11.5 Å². The molecule has 0 saturated carbocycles. The molecule has 0 N–H and O–H groups in total. The predicted molar refractivity (Wildman–Crippen MR) is 64.1 cm³/mol. The molecule has 2 aromatic rings.